The molecule has 3 unspecified atom stereocenters. The van der Waals surface area contributed by atoms with Gasteiger partial charge in [-0.25, -0.2) is 9.59 Å². The molecule has 0 heterocycles. The van der Waals surface area contributed by atoms with Crippen molar-refractivity contribution in [1.29, 1.82) is 0 Å². The Morgan fingerprint density at radius 1 is 1.12 bits per heavy atom. The highest BCUT2D eigenvalue weighted by Gasteiger charge is 2.22. The second kappa shape index (κ2) is 6.72. The molecule has 3 N–H and O–H groups in total. The highest BCUT2D eigenvalue weighted by atomic mass is 16.5. The van der Waals surface area contributed by atoms with Crippen LogP contribution in [0.25, 0.3) is 0 Å². The van der Waals surface area contributed by atoms with Crippen molar-refractivity contribution < 1.29 is 24.2 Å². The summed E-state index contributed by atoms with van der Waals surface area (Å²) in [5.41, 5.74) is 0. The Hall–Kier alpha value is -1.79. The number of carboxylic acid groups (broad SMARTS) is 1. The number of carboxylic acids is 1. The number of hydrogen-bond acceptors (Lipinski definition) is 4. The molecular formula is C10H18N2O5. The van der Waals surface area contributed by atoms with Crippen molar-refractivity contribution in [3.05, 3.63) is 0 Å². The van der Waals surface area contributed by atoms with Crippen LogP contribution in [-0.4, -0.2) is 42.3 Å². The number of carbonyl (C=O) groups excluding carboxylic acids is 2. The summed E-state index contributed by atoms with van der Waals surface area (Å²) in [6.45, 7) is 4.52. The van der Waals surface area contributed by atoms with Crippen molar-refractivity contribution >= 4 is 18.0 Å². The monoisotopic (exact) mass is 246 g/mol. The van der Waals surface area contributed by atoms with Crippen molar-refractivity contribution in [2.75, 3.05) is 7.11 Å². The number of methoxy groups -OCH3 is 1. The summed E-state index contributed by atoms with van der Waals surface area (Å²) in [6.07, 6.45) is 0. The summed E-state index contributed by atoms with van der Waals surface area (Å²) in [4.78, 5) is 33.1. The SMILES string of the molecule is COC(=O)C(C)NC(=O)NC(C)C(C)C(=O)O. The van der Waals surface area contributed by atoms with E-state index in [2.05, 4.69) is 15.4 Å². The van der Waals surface area contributed by atoms with Crippen LogP contribution < -0.4 is 10.6 Å². The van der Waals surface area contributed by atoms with Crippen LogP contribution in [-0.2, 0) is 14.3 Å². The van der Waals surface area contributed by atoms with Gasteiger partial charge in [-0.15, -0.1) is 0 Å². The summed E-state index contributed by atoms with van der Waals surface area (Å²) >= 11 is 0. The van der Waals surface area contributed by atoms with Gasteiger partial charge in [-0.2, -0.15) is 0 Å². The lowest BCUT2D eigenvalue weighted by atomic mass is 10.0. The van der Waals surface area contributed by atoms with E-state index in [0.29, 0.717) is 0 Å². The fourth-order valence-electron chi connectivity index (χ4n) is 1.02. The van der Waals surface area contributed by atoms with Crippen LogP contribution in [0.4, 0.5) is 4.79 Å². The minimum absolute atomic E-state index is 0.544. The second-order valence-corrected chi connectivity index (χ2v) is 3.78. The fraction of sp³-hybridized carbons (Fsp3) is 0.700. The lowest BCUT2D eigenvalue weighted by Gasteiger charge is -2.19. The highest BCUT2D eigenvalue weighted by molar-refractivity contribution is 5.83. The molecule has 7 heteroatoms. The van der Waals surface area contributed by atoms with Gasteiger partial charge in [0.1, 0.15) is 6.04 Å². The first-order valence-corrected chi connectivity index (χ1v) is 5.17. The van der Waals surface area contributed by atoms with Gasteiger partial charge in [-0.1, -0.05) is 0 Å². The molecule has 0 aromatic rings. The molecule has 0 aromatic heterocycles. The summed E-state index contributed by atoms with van der Waals surface area (Å²) in [7, 11) is 1.22. The predicted octanol–water partition coefficient (Wildman–Crippen LogP) is -0.0437. The Kier molecular flexibility index (Phi) is 6.01. The maximum atomic E-state index is 11.4. The zero-order valence-corrected chi connectivity index (χ0v) is 10.3. The van der Waals surface area contributed by atoms with Crippen LogP contribution in [0.2, 0.25) is 0 Å². The average Bonchev–Trinajstić information content (AvgIpc) is 2.26. The number of carbonyl (C=O) groups is 3. The first kappa shape index (κ1) is 15.2. The number of urea groups is 1. The molecule has 7 nitrogen and oxygen atoms in total. The van der Waals surface area contributed by atoms with E-state index >= 15 is 0 Å². The van der Waals surface area contributed by atoms with Crippen molar-refractivity contribution in [2.45, 2.75) is 32.9 Å². The summed E-state index contributed by atoms with van der Waals surface area (Å²) in [6, 6.07) is -1.94. The molecule has 0 saturated heterocycles. The molecule has 0 aromatic carbocycles. The molecule has 3 atom stereocenters. The van der Waals surface area contributed by atoms with Gasteiger partial charge in [0, 0.05) is 6.04 Å². The Labute approximate surface area is 99.5 Å². The van der Waals surface area contributed by atoms with E-state index in [4.69, 9.17) is 5.11 Å². The molecular weight excluding hydrogens is 228 g/mol. The lowest BCUT2D eigenvalue weighted by molar-refractivity contribution is -0.143. The van der Waals surface area contributed by atoms with Gasteiger partial charge < -0.3 is 20.5 Å². The third kappa shape index (κ3) is 5.19. The molecule has 0 bridgehead atoms. The zero-order chi connectivity index (χ0) is 13.6. The second-order valence-electron chi connectivity index (χ2n) is 3.78. The predicted molar refractivity (Wildman–Crippen MR) is 59.4 cm³/mol. The molecule has 0 saturated carbocycles. The smallest absolute Gasteiger partial charge is 0.328 e. The molecule has 0 fully saturated rings. The molecule has 0 rings (SSSR count). The number of esters is 1. The van der Waals surface area contributed by atoms with Crippen molar-refractivity contribution in [2.24, 2.45) is 5.92 Å². The number of aliphatic carboxylic acids is 1. The fourth-order valence-corrected chi connectivity index (χ4v) is 1.02. The first-order chi connectivity index (χ1) is 7.79. The van der Waals surface area contributed by atoms with Crippen molar-refractivity contribution in [1.82, 2.24) is 10.6 Å². The Bertz CT molecular complexity index is 305. The molecule has 2 amide bonds. The third-order valence-corrected chi connectivity index (χ3v) is 2.40. The number of hydrogen-bond donors (Lipinski definition) is 3. The van der Waals surface area contributed by atoms with Gasteiger partial charge in [-0.3, -0.25) is 4.79 Å². The van der Waals surface area contributed by atoms with E-state index in [1.807, 2.05) is 0 Å². The van der Waals surface area contributed by atoms with Gasteiger partial charge in [0.25, 0.3) is 0 Å². The molecule has 0 radical (unpaired) electrons. The van der Waals surface area contributed by atoms with Crippen LogP contribution in [0.1, 0.15) is 20.8 Å². The Morgan fingerprint density at radius 3 is 2.06 bits per heavy atom. The zero-order valence-electron chi connectivity index (χ0n) is 10.3. The number of ether oxygens (including phenoxy) is 1. The number of amides is 2. The maximum absolute atomic E-state index is 11.4. The molecule has 17 heavy (non-hydrogen) atoms. The summed E-state index contributed by atoms with van der Waals surface area (Å²) in [5, 5.41) is 13.5. The lowest BCUT2D eigenvalue weighted by Crippen LogP contribution is -2.49. The maximum Gasteiger partial charge on any atom is 0.328 e. The van der Waals surface area contributed by atoms with Gasteiger partial charge >= 0.3 is 18.0 Å². The molecule has 0 aliphatic heterocycles. The van der Waals surface area contributed by atoms with E-state index in [1.54, 1.807) is 6.92 Å². The minimum Gasteiger partial charge on any atom is -0.481 e. The van der Waals surface area contributed by atoms with Crippen LogP contribution in [0.15, 0.2) is 0 Å². The Balaban J connectivity index is 4.18. The number of nitrogens with one attached hydrogen (secondary N) is 2. The molecule has 0 spiro atoms. The van der Waals surface area contributed by atoms with Gasteiger partial charge in [0.05, 0.1) is 13.0 Å². The third-order valence-electron chi connectivity index (χ3n) is 2.40. The first-order valence-electron chi connectivity index (χ1n) is 5.17. The average molecular weight is 246 g/mol. The summed E-state index contributed by atoms with van der Waals surface area (Å²) < 4.78 is 4.43. The van der Waals surface area contributed by atoms with Crippen LogP contribution in [0.5, 0.6) is 0 Å². The largest absolute Gasteiger partial charge is 0.481 e. The van der Waals surface area contributed by atoms with E-state index in [9.17, 15) is 14.4 Å². The number of rotatable bonds is 5. The van der Waals surface area contributed by atoms with Gasteiger partial charge in [0.15, 0.2) is 0 Å². The van der Waals surface area contributed by atoms with Gasteiger partial charge in [-0.05, 0) is 20.8 Å². The van der Waals surface area contributed by atoms with Crippen molar-refractivity contribution in [3.63, 3.8) is 0 Å². The van der Waals surface area contributed by atoms with Crippen LogP contribution in [0, 0.1) is 5.92 Å². The molecule has 98 valence electrons. The standard InChI is InChI=1S/C10H18N2O5/c1-5(8(13)14)6(2)11-10(16)12-7(3)9(15)17-4/h5-7H,1-4H3,(H,13,14)(H2,11,12,16). The molecule has 0 aliphatic rings. The van der Waals surface area contributed by atoms with Crippen LogP contribution in [0.3, 0.4) is 0 Å². The topological polar surface area (TPSA) is 105 Å². The van der Waals surface area contributed by atoms with E-state index in [0.717, 1.165) is 0 Å². The van der Waals surface area contributed by atoms with Crippen molar-refractivity contribution in [3.8, 4) is 0 Å². The summed E-state index contributed by atoms with van der Waals surface area (Å²) in [5.74, 6) is -2.29. The minimum atomic E-state index is -1.00. The Morgan fingerprint density at radius 2 is 1.65 bits per heavy atom. The van der Waals surface area contributed by atoms with E-state index < -0.39 is 36.0 Å². The van der Waals surface area contributed by atoms with Crippen LogP contribution >= 0.6 is 0 Å². The van der Waals surface area contributed by atoms with Gasteiger partial charge in [0.2, 0.25) is 0 Å². The van der Waals surface area contributed by atoms with E-state index in [-0.39, 0.29) is 0 Å². The highest BCUT2D eigenvalue weighted by Crippen LogP contribution is 2.01. The van der Waals surface area contributed by atoms with E-state index in [1.165, 1.54) is 21.0 Å². The normalized spacial score (nSPS) is 15.3. The molecule has 0 aliphatic carbocycles. The quantitative estimate of drug-likeness (QED) is 0.590.